The van der Waals surface area contributed by atoms with E-state index in [2.05, 4.69) is 87.4 Å². The van der Waals surface area contributed by atoms with Gasteiger partial charge in [0.25, 0.3) is 0 Å². The molecule has 0 amide bonds. The monoisotopic (exact) mass is 344 g/mol. The van der Waals surface area contributed by atoms with Crippen LogP contribution in [0, 0.1) is 10.8 Å². The number of benzene rings is 1. The van der Waals surface area contributed by atoms with Crippen LogP contribution in [0.3, 0.4) is 0 Å². The van der Waals surface area contributed by atoms with Crippen LogP contribution in [-0.4, -0.2) is 18.3 Å². The van der Waals surface area contributed by atoms with E-state index in [1.165, 1.54) is 11.1 Å². The van der Waals surface area contributed by atoms with Crippen molar-refractivity contribution in [1.29, 1.82) is 0 Å². The van der Waals surface area contributed by atoms with E-state index in [0.717, 1.165) is 18.3 Å². The molecule has 140 valence electrons. The summed E-state index contributed by atoms with van der Waals surface area (Å²) >= 11 is 0. The van der Waals surface area contributed by atoms with E-state index < -0.39 is 0 Å². The maximum Gasteiger partial charge on any atom is 0.494 e. The summed E-state index contributed by atoms with van der Waals surface area (Å²) in [6, 6.07) is 6.92. The summed E-state index contributed by atoms with van der Waals surface area (Å²) in [7, 11) is -0.288. The van der Waals surface area contributed by atoms with Gasteiger partial charge in [0.1, 0.15) is 0 Å². The first-order valence-electron chi connectivity index (χ1n) is 9.56. The third-order valence-corrected chi connectivity index (χ3v) is 5.07. The average Bonchev–Trinajstić information content (AvgIpc) is 2.53. The molecule has 0 aliphatic carbocycles. The molecule has 1 fully saturated rings. The highest BCUT2D eigenvalue weighted by atomic mass is 16.7. The third-order valence-electron chi connectivity index (χ3n) is 5.07. The number of rotatable bonds is 3. The summed E-state index contributed by atoms with van der Waals surface area (Å²) in [6.07, 6.45) is 2.11. The molecule has 0 aromatic heterocycles. The normalized spacial score (nSPS) is 20.2. The van der Waals surface area contributed by atoms with Crippen molar-refractivity contribution < 1.29 is 9.31 Å². The van der Waals surface area contributed by atoms with Crippen LogP contribution in [0.5, 0.6) is 0 Å². The highest BCUT2D eigenvalue weighted by Gasteiger charge is 2.51. The number of hydrogen-bond donors (Lipinski definition) is 0. The Morgan fingerprint density at radius 2 is 1.08 bits per heavy atom. The molecule has 1 saturated heterocycles. The van der Waals surface area contributed by atoms with Crippen LogP contribution in [0.1, 0.15) is 80.4 Å². The minimum Gasteiger partial charge on any atom is -0.399 e. The van der Waals surface area contributed by atoms with Crippen molar-refractivity contribution in [3.8, 4) is 0 Å². The molecule has 1 aromatic carbocycles. The van der Waals surface area contributed by atoms with Crippen molar-refractivity contribution in [2.75, 3.05) is 0 Å². The standard InChI is InChI=1S/C22H37BO2/c1-19(2,3)14-16-11-17(15-20(4,5)6)13-18(12-16)23-24-21(7,8)22(9,10)25-23/h11-13H,14-15H2,1-10H3. The first-order chi connectivity index (χ1) is 11.1. The molecule has 2 nitrogen and oxygen atoms in total. The summed E-state index contributed by atoms with van der Waals surface area (Å²) < 4.78 is 12.6. The molecule has 2 rings (SSSR count). The zero-order valence-electron chi connectivity index (χ0n) is 18.0. The summed E-state index contributed by atoms with van der Waals surface area (Å²) in [5, 5.41) is 0. The van der Waals surface area contributed by atoms with Crippen molar-refractivity contribution in [2.24, 2.45) is 10.8 Å². The van der Waals surface area contributed by atoms with Gasteiger partial charge in [-0.15, -0.1) is 0 Å². The molecule has 0 saturated carbocycles. The predicted molar refractivity (Wildman–Crippen MR) is 108 cm³/mol. The molecule has 0 unspecified atom stereocenters. The predicted octanol–water partition coefficient (Wildman–Crippen LogP) is 5.16. The minimum atomic E-state index is -0.304. The highest BCUT2D eigenvalue weighted by molar-refractivity contribution is 6.62. The smallest absolute Gasteiger partial charge is 0.399 e. The quantitative estimate of drug-likeness (QED) is 0.705. The molecule has 25 heavy (non-hydrogen) atoms. The zero-order chi connectivity index (χ0) is 19.3. The lowest BCUT2D eigenvalue weighted by atomic mass is 9.74. The van der Waals surface area contributed by atoms with Crippen LogP contribution in [0.4, 0.5) is 0 Å². The lowest BCUT2D eigenvalue weighted by molar-refractivity contribution is 0.00578. The first kappa shape index (κ1) is 20.5. The summed E-state index contributed by atoms with van der Waals surface area (Å²) in [5.74, 6) is 0. The summed E-state index contributed by atoms with van der Waals surface area (Å²) in [5.41, 5.74) is 3.81. The Kier molecular flexibility index (Phi) is 5.27. The first-order valence-corrected chi connectivity index (χ1v) is 9.56. The van der Waals surface area contributed by atoms with Crippen LogP contribution in [0.2, 0.25) is 0 Å². The Morgan fingerprint density at radius 3 is 1.40 bits per heavy atom. The van der Waals surface area contributed by atoms with Gasteiger partial charge in [0, 0.05) is 0 Å². The van der Waals surface area contributed by atoms with E-state index in [4.69, 9.17) is 9.31 Å². The maximum atomic E-state index is 6.30. The van der Waals surface area contributed by atoms with Gasteiger partial charge in [-0.3, -0.25) is 0 Å². The third kappa shape index (κ3) is 5.34. The van der Waals surface area contributed by atoms with Gasteiger partial charge in [-0.1, -0.05) is 59.7 Å². The number of hydrogen-bond acceptors (Lipinski definition) is 2. The van der Waals surface area contributed by atoms with Gasteiger partial charge in [0.2, 0.25) is 0 Å². The fraction of sp³-hybridized carbons (Fsp3) is 0.727. The Morgan fingerprint density at radius 1 is 0.720 bits per heavy atom. The van der Waals surface area contributed by atoms with Crippen molar-refractivity contribution in [3.05, 3.63) is 29.3 Å². The van der Waals surface area contributed by atoms with E-state index in [9.17, 15) is 0 Å². The largest absolute Gasteiger partial charge is 0.494 e. The average molecular weight is 344 g/mol. The second-order valence-electron chi connectivity index (χ2n) is 11.1. The van der Waals surface area contributed by atoms with E-state index in [1.54, 1.807) is 0 Å². The molecular weight excluding hydrogens is 307 g/mol. The second-order valence-corrected chi connectivity index (χ2v) is 11.1. The minimum absolute atomic E-state index is 0.257. The molecule has 0 radical (unpaired) electrons. The van der Waals surface area contributed by atoms with Crippen LogP contribution in [0.15, 0.2) is 18.2 Å². The Hall–Kier alpha value is -0.795. The van der Waals surface area contributed by atoms with E-state index in [-0.39, 0.29) is 29.2 Å². The molecule has 1 aliphatic heterocycles. The van der Waals surface area contributed by atoms with Gasteiger partial charge in [0.05, 0.1) is 11.2 Å². The van der Waals surface area contributed by atoms with Crippen molar-refractivity contribution in [1.82, 2.24) is 0 Å². The molecule has 0 spiro atoms. The summed E-state index contributed by atoms with van der Waals surface area (Å²) in [4.78, 5) is 0. The lowest BCUT2D eigenvalue weighted by Crippen LogP contribution is -2.41. The summed E-state index contributed by atoms with van der Waals surface area (Å²) in [6.45, 7) is 22.2. The molecule has 3 heteroatoms. The van der Waals surface area contributed by atoms with Crippen molar-refractivity contribution in [2.45, 2.75) is 93.3 Å². The second kappa shape index (κ2) is 6.42. The lowest BCUT2D eigenvalue weighted by Gasteiger charge is -2.32. The van der Waals surface area contributed by atoms with E-state index in [1.807, 2.05) is 0 Å². The van der Waals surface area contributed by atoms with Crippen molar-refractivity contribution >= 4 is 12.6 Å². The SMILES string of the molecule is CC(C)(C)Cc1cc(CC(C)(C)C)cc(B2OC(C)(C)C(C)(C)O2)c1. The van der Waals surface area contributed by atoms with Crippen LogP contribution >= 0.6 is 0 Å². The molecule has 1 aromatic rings. The van der Waals surface area contributed by atoms with Gasteiger partial charge in [-0.2, -0.15) is 0 Å². The van der Waals surface area contributed by atoms with Gasteiger partial charge >= 0.3 is 7.12 Å². The zero-order valence-corrected chi connectivity index (χ0v) is 18.0. The van der Waals surface area contributed by atoms with Crippen LogP contribution in [0.25, 0.3) is 0 Å². The molecule has 1 heterocycles. The Bertz CT molecular complexity index is 568. The highest BCUT2D eigenvalue weighted by Crippen LogP contribution is 2.37. The van der Waals surface area contributed by atoms with E-state index >= 15 is 0 Å². The topological polar surface area (TPSA) is 18.5 Å². The molecular formula is C22H37BO2. The molecule has 0 atom stereocenters. The van der Waals surface area contributed by atoms with Gasteiger partial charge in [-0.25, -0.2) is 0 Å². The van der Waals surface area contributed by atoms with Gasteiger partial charge < -0.3 is 9.31 Å². The van der Waals surface area contributed by atoms with Crippen LogP contribution < -0.4 is 5.46 Å². The fourth-order valence-corrected chi connectivity index (χ4v) is 3.34. The molecule has 1 aliphatic rings. The molecule has 0 N–H and O–H groups in total. The maximum absolute atomic E-state index is 6.30. The van der Waals surface area contributed by atoms with Gasteiger partial charge in [0.15, 0.2) is 0 Å². The van der Waals surface area contributed by atoms with Gasteiger partial charge in [-0.05, 0) is 68.0 Å². The fourth-order valence-electron chi connectivity index (χ4n) is 3.34. The van der Waals surface area contributed by atoms with Crippen LogP contribution in [-0.2, 0) is 22.2 Å². The Balaban J connectivity index is 2.40. The van der Waals surface area contributed by atoms with E-state index in [0.29, 0.717) is 0 Å². The Labute approximate surface area is 155 Å². The van der Waals surface area contributed by atoms with Crippen molar-refractivity contribution in [3.63, 3.8) is 0 Å². The molecule has 0 bridgehead atoms.